The number of aromatic nitrogens is 1. The fourth-order valence-corrected chi connectivity index (χ4v) is 1.98. The third-order valence-electron chi connectivity index (χ3n) is 2.56. The molecule has 0 radical (unpaired) electrons. The number of anilines is 1. The minimum atomic E-state index is 0.691. The van der Waals surface area contributed by atoms with Gasteiger partial charge in [0, 0.05) is 23.3 Å². The molecule has 3 heteroatoms. The molecule has 0 bridgehead atoms. The van der Waals surface area contributed by atoms with Gasteiger partial charge in [-0.2, -0.15) is 0 Å². The van der Waals surface area contributed by atoms with Gasteiger partial charge in [0.1, 0.15) is 5.82 Å². The average Bonchev–Trinajstić information content (AvgIpc) is 2.99. The number of halogens is 1. The van der Waals surface area contributed by atoms with Gasteiger partial charge in [0.2, 0.25) is 0 Å². The first-order valence-corrected chi connectivity index (χ1v) is 6.34. The summed E-state index contributed by atoms with van der Waals surface area (Å²) >= 11 is 3.42. The summed E-state index contributed by atoms with van der Waals surface area (Å²) in [6.45, 7) is 5.63. The van der Waals surface area contributed by atoms with E-state index < -0.39 is 0 Å². The van der Waals surface area contributed by atoms with Crippen LogP contribution in [0, 0.1) is 5.92 Å². The summed E-state index contributed by atoms with van der Waals surface area (Å²) < 4.78 is 1.05. The SMILES string of the molecule is CC(C)CN(c1ccc(Br)cn1)C1CC1. The Morgan fingerprint density at radius 2 is 2.20 bits per heavy atom. The van der Waals surface area contributed by atoms with Gasteiger partial charge in [-0.3, -0.25) is 0 Å². The standard InChI is InChI=1S/C12H17BrN2/c1-9(2)8-15(11-4-5-11)12-6-3-10(13)7-14-12/h3,6-7,9,11H,4-5,8H2,1-2H3. The molecule has 0 aliphatic heterocycles. The summed E-state index contributed by atoms with van der Waals surface area (Å²) in [7, 11) is 0. The molecule has 82 valence electrons. The summed E-state index contributed by atoms with van der Waals surface area (Å²) in [5.41, 5.74) is 0. The number of pyridine rings is 1. The number of hydrogen-bond donors (Lipinski definition) is 0. The zero-order valence-corrected chi connectivity index (χ0v) is 10.9. The van der Waals surface area contributed by atoms with Crippen LogP contribution in [0.2, 0.25) is 0 Å². The molecule has 0 N–H and O–H groups in total. The van der Waals surface area contributed by atoms with Crippen LogP contribution in [0.1, 0.15) is 26.7 Å². The van der Waals surface area contributed by atoms with Gasteiger partial charge in [0.25, 0.3) is 0 Å². The first kappa shape index (κ1) is 10.9. The Balaban J connectivity index is 2.13. The summed E-state index contributed by atoms with van der Waals surface area (Å²) in [4.78, 5) is 6.91. The van der Waals surface area contributed by atoms with Crippen LogP contribution < -0.4 is 4.90 Å². The average molecular weight is 269 g/mol. The van der Waals surface area contributed by atoms with Gasteiger partial charge in [-0.05, 0) is 46.8 Å². The molecule has 0 unspecified atom stereocenters. The molecule has 1 fully saturated rings. The Labute approximate surface area is 99.8 Å². The van der Waals surface area contributed by atoms with Crippen molar-refractivity contribution < 1.29 is 0 Å². The second kappa shape index (κ2) is 4.52. The van der Waals surface area contributed by atoms with Crippen LogP contribution in [0.5, 0.6) is 0 Å². The van der Waals surface area contributed by atoms with Gasteiger partial charge in [-0.25, -0.2) is 4.98 Å². The first-order chi connectivity index (χ1) is 7.16. The Hall–Kier alpha value is -0.570. The third-order valence-corrected chi connectivity index (χ3v) is 3.02. The Morgan fingerprint density at radius 1 is 1.47 bits per heavy atom. The fraction of sp³-hybridized carbons (Fsp3) is 0.583. The van der Waals surface area contributed by atoms with Crippen LogP contribution in [-0.2, 0) is 0 Å². The van der Waals surface area contributed by atoms with E-state index in [1.807, 2.05) is 6.20 Å². The number of rotatable bonds is 4. The van der Waals surface area contributed by atoms with Crippen molar-refractivity contribution in [1.29, 1.82) is 0 Å². The molecular formula is C12H17BrN2. The smallest absolute Gasteiger partial charge is 0.128 e. The Kier molecular flexibility index (Phi) is 3.29. The van der Waals surface area contributed by atoms with Crippen molar-refractivity contribution in [3.05, 3.63) is 22.8 Å². The molecule has 0 amide bonds. The normalized spacial score (nSPS) is 15.7. The molecule has 0 saturated heterocycles. The zero-order valence-electron chi connectivity index (χ0n) is 9.28. The highest BCUT2D eigenvalue weighted by atomic mass is 79.9. The lowest BCUT2D eigenvalue weighted by Crippen LogP contribution is -2.30. The topological polar surface area (TPSA) is 16.1 Å². The van der Waals surface area contributed by atoms with Gasteiger partial charge in [-0.15, -0.1) is 0 Å². The van der Waals surface area contributed by atoms with E-state index in [1.54, 1.807) is 0 Å². The van der Waals surface area contributed by atoms with Crippen LogP contribution in [0.25, 0.3) is 0 Å². The van der Waals surface area contributed by atoms with Crippen LogP contribution >= 0.6 is 15.9 Å². The third kappa shape index (κ3) is 2.94. The molecule has 1 saturated carbocycles. The predicted molar refractivity (Wildman–Crippen MR) is 67.1 cm³/mol. The molecule has 1 aromatic heterocycles. The molecule has 0 spiro atoms. The molecule has 1 heterocycles. The Morgan fingerprint density at radius 3 is 2.67 bits per heavy atom. The van der Waals surface area contributed by atoms with Gasteiger partial charge < -0.3 is 4.90 Å². The summed E-state index contributed by atoms with van der Waals surface area (Å²) in [5.74, 6) is 1.81. The van der Waals surface area contributed by atoms with Crippen LogP contribution in [-0.4, -0.2) is 17.6 Å². The molecule has 0 atom stereocenters. The second-order valence-corrected chi connectivity index (χ2v) is 5.53. The van der Waals surface area contributed by atoms with Gasteiger partial charge in [0.05, 0.1) is 0 Å². The predicted octanol–water partition coefficient (Wildman–Crippen LogP) is 3.47. The van der Waals surface area contributed by atoms with Crippen molar-refractivity contribution in [2.24, 2.45) is 5.92 Å². The van der Waals surface area contributed by atoms with Crippen molar-refractivity contribution in [1.82, 2.24) is 4.98 Å². The molecular weight excluding hydrogens is 252 g/mol. The van der Waals surface area contributed by atoms with Crippen molar-refractivity contribution in [2.45, 2.75) is 32.7 Å². The molecule has 15 heavy (non-hydrogen) atoms. The number of hydrogen-bond acceptors (Lipinski definition) is 2. The molecule has 1 aliphatic carbocycles. The maximum absolute atomic E-state index is 4.47. The highest BCUT2D eigenvalue weighted by Crippen LogP contribution is 2.31. The van der Waals surface area contributed by atoms with E-state index in [-0.39, 0.29) is 0 Å². The van der Waals surface area contributed by atoms with E-state index in [1.165, 1.54) is 12.8 Å². The van der Waals surface area contributed by atoms with Crippen molar-refractivity contribution in [3.63, 3.8) is 0 Å². The quantitative estimate of drug-likeness (QED) is 0.832. The number of nitrogens with zero attached hydrogens (tertiary/aromatic N) is 2. The summed E-state index contributed by atoms with van der Waals surface area (Å²) in [6.07, 6.45) is 4.53. The maximum Gasteiger partial charge on any atom is 0.128 e. The summed E-state index contributed by atoms with van der Waals surface area (Å²) in [6, 6.07) is 4.91. The molecule has 2 nitrogen and oxygen atoms in total. The lowest BCUT2D eigenvalue weighted by Gasteiger charge is -2.25. The maximum atomic E-state index is 4.47. The molecule has 1 aromatic rings. The second-order valence-electron chi connectivity index (χ2n) is 4.61. The zero-order chi connectivity index (χ0) is 10.8. The van der Waals surface area contributed by atoms with Crippen molar-refractivity contribution in [2.75, 3.05) is 11.4 Å². The molecule has 0 aromatic carbocycles. The van der Waals surface area contributed by atoms with Gasteiger partial charge >= 0.3 is 0 Å². The minimum Gasteiger partial charge on any atom is -0.353 e. The van der Waals surface area contributed by atoms with Gasteiger partial charge in [0.15, 0.2) is 0 Å². The highest BCUT2D eigenvalue weighted by molar-refractivity contribution is 9.10. The van der Waals surface area contributed by atoms with E-state index in [0.717, 1.165) is 22.9 Å². The first-order valence-electron chi connectivity index (χ1n) is 5.55. The fourth-order valence-electron chi connectivity index (χ4n) is 1.75. The van der Waals surface area contributed by atoms with Gasteiger partial charge in [-0.1, -0.05) is 13.8 Å². The van der Waals surface area contributed by atoms with E-state index in [2.05, 4.69) is 51.8 Å². The lowest BCUT2D eigenvalue weighted by molar-refractivity contribution is 0.603. The lowest BCUT2D eigenvalue weighted by atomic mass is 10.2. The van der Waals surface area contributed by atoms with E-state index in [4.69, 9.17) is 0 Å². The van der Waals surface area contributed by atoms with Crippen molar-refractivity contribution >= 4 is 21.7 Å². The minimum absolute atomic E-state index is 0.691. The van der Waals surface area contributed by atoms with Crippen LogP contribution in [0.4, 0.5) is 5.82 Å². The monoisotopic (exact) mass is 268 g/mol. The van der Waals surface area contributed by atoms with Crippen LogP contribution in [0.3, 0.4) is 0 Å². The van der Waals surface area contributed by atoms with Crippen molar-refractivity contribution in [3.8, 4) is 0 Å². The van der Waals surface area contributed by atoms with Crippen LogP contribution in [0.15, 0.2) is 22.8 Å². The molecule has 1 aliphatic rings. The van der Waals surface area contributed by atoms with E-state index in [0.29, 0.717) is 5.92 Å². The Bertz CT molecular complexity index is 317. The van der Waals surface area contributed by atoms with E-state index in [9.17, 15) is 0 Å². The summed E-state index contributed by atoms with van der Waals surface area (Å²) in [5, 5.41) is 0. The highest BCUT2D eigenvalue weighted by Gasteiger charge is 2.30. The largest absolute Gasteiger partial charge is 0.353 e. The van der Waals surface area contributed by atoms with E-state index >= 15 is 0 Å². The molecule has 2 rings (SSSR count).